The number of benzene rings is 2. The second-order valence-corrected chi connectivity index (χ2v) is 6.62. The van der Waals surface area contributed by atoms with Gasteiger partial charge in [-0.15, -0.1) is 0 Å². The van der Waals surface area contributed by atoms with Crippen molar-refractivity contribution >= 4 is 23.5 Å². The van der Waals surface area contributed by atoms with Crippen LogP contribution in [0, 0.1) is 0 Å². The van der Waals surface area contributed by atoms with Gasteiger partial charge >= 0.3 is 0 Å². The zero-order chi connectivity index (χ0) is 21.3. The van der Waals surface area contributed by atoms with E-state index in [4.69, 9.17) is 4.74 Å². The van der Waals surface area contributed by atoms with Crippen LogP contribution in [0.25, 0.3) is 0 Å². The SMILES string of the molecule is COc1ccccc1NC(=O)C1=C(C)Nc2ncnn2[C@@H]1c1ccccc1C(=O)[O-]. The van der Waals surface area contributed by atoms with Gasteiger partial charge in [-0.3, -0.25) is 4.79 Å². The molecule has 3 aromatic rings. The van der Waals surface area contributed by atoms with Crippen LogP contribution in [0.2, 0.25) is 0 Å². The number of carbonyl (C=O) groups is 2. The highest BCUT2D eigenvalue weighted by Gasteiger charge is 2.35. The molecule has 0 aliphatic carbocycles. The second kappa shape index (κ2) is 7.70. The Morgan fingerprint density at radius 1 is 1.17 bits per heavy atom. The van der Waals surface area contributed by atoms with E-state index in [0.717, 1.165) is 0 Å². The van der Waals surface area contributed by atoms with Gasteiger partial charge in [0.1, 0.15) is 18.1 Å². The molecule has 0 radical (unpaired) electrons. The van der Waals surface area contributed by atoms with Crippen molar-refractivity contribution < 1.29 is 19.4 Å². The number of fused-ring (bicyclic) bond motifs is 1. The molecule has 1 amide bonds. The first-order chi connectivity index (χ1) is 14.5. The number of hydrogen-bond donors (Lipinski definition) is 2. The number of carbonyl (C=O) groups excluding carboxylic acids is 2. The molecule has 2 heterocycles. The van der Waals surface area contributed by atoms with Gasteiger partial charge in [0, 0.05) is 11.3 Å². The molecule has 1 aliphatic heterocycles. The Kier molecular flexibility index (Phi) is 4.93. The topological polar surface area (TPSA) is 121 Å². The number of rotatable bonds is 5. The van der Waals surface area contributed by atoms with E-state index in [9.17, 15) is 14.7 Å². The Bertz CT molecular complexity index is 1170. The lowest BCUT2D eigenvalue weighted by Crippen LogP contribution is -2.33. The van der Waals surface area contributed by atoms with Crippen LogP contribution in [0.3, 0.4) is 0 Å². The Morgan fingerprint density at radius 2 is 1.90 bits per heavy atom. The van der Waals surface area contributed by atoms with E-state index < -0.39 is 17.9 Å². The average Bonchev–Trinajstić information content (AvgIpc) is 3.21. The summed E-state index contributed by atoms with van der Waals surface area (Å²) >= 11 is 0. The summed E-state index contributed by atoms with van der Waals surface area (Å²) in [5, 5.41) is 21.8. The predicted molar refractivity (Wildman–Crippen MR) is 107 cm³/mol. The third-order valence-corrected chi connectivity index (χ3v) is 4.87. The first-order valence-electron chi connectivity index (χ1n) is 9.13. The number of amides is 1. The summed E-state index contributed by atoms with van der Waals surface area (Å²) in [6.45, 7) is 1.73. The number of para-hydroxylation sites is 2. The third-order valence-electron chi connectivity index (χ3n) is 4.87. The first kappa shape index (κ1) is 19.2. The lowest BCUT2D eigenvalue weighted by atomic mass is 9.91. The number of methoxy groups -OCH3 is 1. The van der Waals surface area contributed by atoms with Crippen molar-refractivity contribution in [2.24, 2.45) is 0 Å². The van der Waals surface area contributed by atoms with Crippen molar-refractivity contribution in [1.29, 1.82) is 0 Å². The third kappa shape index (κ3) is 3.26. The van der Waals surface area contributed by atoms with Crippen LogP contribution >= 0.6 is 0 Å². The Balaban J connectivity index is 1.83. The van der Waals surface area contributed by atoms with E-state index in [1.54, 1.807) is 49.4 Å². The highest BCUT2D eigenvalue weighted by atomic mass is 16.5. The molecule has 0 spiro atoms. The molecule has 2 aromatic carbocycles. The number of carboxylic acids is 1. The van der Waals surface area contributed by atoms with Gasteiger partial charge in [0.25, 0.3) is 5.91 Å². The highest BCUT2D eigenvalue weighted by molar-refractivity contribution is 6.07. The minimum absolute atomic E-state index is 0.0266. The molecule has 4 rings (SSSR count). The smallest absolute Gasteiger partial charge is 0.255 e. The molecule has 2 N–H and O–H groups in total. The van der Waals surface area contributed by atoms with Crippen LogP contribution in [0.4, 0.5) is 11.6 Å². The number of aromatic carboxylic acids is 1. The Labute approximate surface area is 172 Å². The fourth-order valence-corrected chi connectivity index (χ4v) is 3.53. The van der Waals surface area contributed by atoms with E-state index in [0.29, 0.717) is 34.2 Å². The van der Waals surface area contributed by atoms with Crippen LogP contribution in [0.15, 0.2) is 66.1 Å². The first-order valence-corrected chi connectivity index (χ1v) is 9.13. The largest absolute Gasteiger partial charge is 0.545 e. The van der Waals surface area contributed by atoms with E-state index in [2.05, 4.69) is 20.7 Å². The van der Waals surface area contributed by atoms with Gasteiger partial charge in [-0.25, -0.2) is 4.68 Å². The molecule has 0 bridgehead atoms. The average molecular weight is 404 g/mol. The monoisotopic (exact) mass is 404 g/mol. The zero-order valence-electron chi connectivity index (χ0n) is 16.2. The molecule has 0 saturated carbocycles. The molecule has 0 fully saturated rings. The summed E-state index contributed by atoms with van der Waals surface area (Å²) in [5.74, 6) is -0.864. The van der Waals surface area contributed by atoms with E-state index in [-0.39, 0.29) is 5.56 Å². The summed E-state index contributed by atoms with van der Waals surface area (Å²) < 4.78 is 6.78. The number of aromatic nitrogens is 3. The minimum atomic E-state index is -1.34. The molecule has 30 heavy (non-hydrogen) atoms. The van der Waals surface area contributed by atoms with Gasteiger partial charge in [0.05, 0.1) is 24.3 Å². The van der Waals surface area contributed by atoms with Crippen molar-refractivity contribution in [1.82, 2.24) is 14.8 Å². The molecule has 1 aromatic heterocycles. The molecule has 1 atom stereocenters. The fourth-order valence-electron chi connectivity index (χ4n) is 3.53. The van der Waals surface area contributed by atoms with E-state index in [1.807, 2.05) is 0 Å². The number of allylic oxidation sites excluding steroid dienone is 1. The number of nitrogens with one attached hydrogen (secondary N) is 2. The van der Waals surface area contributed by atoms with Crippen LogP contribution < -0.4 is 20.5 Å². The summed E-state index contributed by atoms with van der Waals surface area (Å²) in [7, 11) is 1.51. The maximum atomic E-state index is 13.4. The standard InChI is InChI=1S/C21H19N5O4/c1-12-17(19(27)25-15-9-5-6-10-16(15)30-2)18(26-21(24-12)22-11-23-26)13-7-3-4-8-14(13)20(28)29/h3-11,18H,1-2H3,(H,25,27)(H,28,29)(H,22,23,24)/p-1/t18-/m1/s1. The van der Waals surface area contributed by atoms with E-state index >= 15 is 0 Å². The molecule has 9 heteroatoms. The molecular weight excluding hydrogens is 386 g/mol. The lowest BCUT2D eigenvalue weighted by Gasteiger charge is -2.30. The molecular formula is C21H18N5O4-. The lowest BCUT2D eigenvalue weighted by molar-refractivity contribution is -0.255. The van der Waals surface area contributed by atoms with Gasteiger partial charge in [-0.1, -0.05) is 36.4 Å². The van der Waals surface area contributed by atoms with Crippen LogP contribution in [-0.2, 0) is 4.79 Å². The van der Waals surface area contributed by atoms with Crippen LogP contribution in [0.1, 0.15) is 28.9 Å². The maximum absolute atomic E-state index is 13.4. The summed E-state index contributed by atoms with van der Waals surface area (Å²) in [5.41, 5.74) is 1.66. The molecule has 152 valence electrons. The van der Waals surface area contributed by atoms with Crippen molar-refractivity contribution in [3.05, 3.63) is 77.3 Å². The fraction of sp³-hybridized carbons (Fsp3) is 0.143. The molecule has 9 nitrogen and oxygen atoms in total. The molecule has 0 saturated heterocycles. The van der Waals surface area contributed by atoms with Gasteiger partial charge < -0.3 is 25.3 Å². The Hall–Kier alpha value is -4.14. The minimum Gasteiger partial charge on any atom is -0.545 e. The van der Waals surface area contributed by atoms with Gasteiger partial charge in [0.2, 0.25) is 5.95 Å². The summed E-state index contributed by atoms with van der Waals surface area (Å²) in [6, 6.07) is 12.6. The second-order valence-electron chi connectivity index (χ2n) is 6.62. The molecule has 0 unspecified atom stereocenters. The predicted octanol–water partition coefficient (Wildman–Crippen LogP) is 1.58. The number of ether oxygens (including phenoxy) is 1. The van der Waals surface area contributed by atoms with Crippen molar-refractivity contribution in [3.63, 3.8) is 0 Å². The number of hydrogen-bond acceptors (Lipinski definition) is 7. The quantitative estimate of drug-likeness (QED) is 0.662. The zero-order valence-corrected chi connectivity index (χ0v) is 16.2. The normalized spacial score (nSPS) is 15.2. The number of anilines is 2. The maximum Gasteiger partial charge on any atom is 0.255 e. The van der Waals surface area contributed by atoms with Gasteiger partial charge in [-0.2, -0.15) is 10.1 Å². The Morgan fingerprint density at radius 3 is 2.67 bits per heavy atom. The molecule has 1 aliphatic rings. The summed E-state index contributed by atoms with van der Waals surface area (Å²) in [4.78, 5) is 29.3. The van der Waals surface area contributed by atoms with Crippen molar-refractivity contribution in [2.75, 3.05) is 17.7 Å². The van der Waals surface area contributed by atoms with E-state index in [1.165, 1.54) is 24.2 Å². The van der Waals surface area contributed by atoms with Crippen LogP contribution in [-0.4, -0.2) is 33.8 Å². The van der Waals surface area contributed by atoms with Crippen molar-refractivity contribution in [3.8, 4) is 5.75 Å². The highest BCUT2D eigenvalue weighted by Crippen LogP contribution is 2.37. The van der Waals surface area contributed by atoms with Crippen molar-refractivity contribution in [2.45, 2.75) is 13.0 Å². The summed E-state index contributed by atoms with van der Waals surface area (Å²) in [6.07, 6.45) is 1.34. The van der Waals surface area contributed by atoms with Crippen LogP contribution in [0.5, 0.6) is 5.75 Å². The number of nitrogens with zero attached hydrogens (tertiary/aromatic N) is 3. The van der Waals surface area contributed by atoms with Gasteiger partial charge in [-0.05, 0) is 24.6 Å². The van der Waals surface area contributed by atoms with Gasteiger partial charge in [0.15, 0.2) is 0 Å². The number of carboxylic acid groups (broad SMARTS) is 1.